The van der Waals surface area contributed by atoms with Gasteiger partial charge in [-0.3, -0.25) is 4.79 Å². The topological polar surface area (TPSA) is 93.5 Å². The van der Waals surface area contributed by atoms with Gasteiger partial charge in [0.15, 0.2) is 11.5 Å². The molecular weight excluding hydrogens is 414 g/mol. The first kappa shape index (κ1) is 20.8. The Morgan fingerprint density at radius 3 is 2.74 bits per heavy atom. The standard InChI is InChI=1S/C23H21N3O4S/c1-2-3-8-28-18-6-4-17(5-7-18)25-22(27)13-31-23-16(12-24)9-15-10-20-21(30-14-29-20)11-19(15)26-23/h4-7,9-11H,2-3,8,13-14H2,1H3,(H,25,27). The van der Waals surface area contributed by atoms with Gasteiger partial charge in [0, 0.05) is 17.1 Å². The lowest BCUT2D eigenvalue weighted by atomic mass is 10.1. The van der Waals surface area contributed by atoms with E-state index in [1.807, 2.05) is 30.3 Å². The van der Waals surface area contributed by atoms with E-state index in [0.29, 0.717) is 39.9 Å². The Bertz CT molecular complexity index is 1140. The van der Waals surface area contributed by atoms with Crippen LogP contribution in [0, 0.1) is 11.3 Å². The van der Waals surface area contributed by atoms with E-state index >= 15 is 0 Å². The molecule has 1 aliphatic rings. The van der Waals surface area contributed by atoms with Gasteiger partial charge in [0.1, 0.15) is 16.8 Å². The molecule has 0 atom stereocenters. The molecule has 1 N–H and O–H groups in total. The highest BCUT2D eigenvalue weighted by Gasteiger charge is 2.17. The van der Waals surface area contributed by atoms with Gasteiger partial charge in [0.2, 0.25) is 12.7 Å². The van der Waals surface area contributed by atoms with Crippen molar-refractivity contribution in [1.29, 1.82) is 5.26 Å². The number of nitrogens with zero attached hydrogens (tertiary/aromatic N) is 2. The molecule has 1 amide bonds. The molecule has 2 aromatic carbocycles. The molecule has 1 aliphatic heterocycles. The van der Waals surface area contributed by atoms with Crippen LogP contribution in [0.2, 0.25) is 0 Å². The average molecular weight is 436 g/mol. The highest BCUT2D eigenvalue weighted by Crippen LogP contribution is 2.37. The summed E-state index contributed by atoms with van der Waals surface area (Å²) in [6, 6.07) is 14.8. The number of ether oxygens (including phenoxy) is 3. The molecule has 2 heterocycles. The molecule has 0 unspecified atom stereocenters. The molecule has 1 aromatic heterocycles. The summed E-state index contributed by atoms with van der Waals surface area (Å²) >= 11 is 1.22. The van der Waals surface area contributed by atoms with Crippen LogP contribution in [-0.4, -0.2) is 30.0 Å². The van der Waals surface area contributed by atoms with Crippen LogP contribution in [-0.2, 0) is 4.79 Å². The van der Waals surface area contributed by atoms with Crippen molar-refractivity contribution in [3.63, 3.8) is 0 Å². The second-order valence-corrected chi connectivity index (χ2v) is 7.88. The van der Waals surface area contributed by atoms with Gasteiger partial charge in [-0.25, -0.2) is 4.98 Å². The first-order valence-electron chi connectivity index (χ1n) is 9.96. The summed E-state index contributed by atoms with van der Waals surface area (Å²) in [7, 11) is 0. The molecule has 0 fully saturated rings. The lowest BCUT2D eigenvalue weighted by Crippen LogP contribution is -2.14. The Kier molecular flexibility index (Phi) is 6.43. The van der Waals surface area contributed by atoms with Crippen molar-refractivity contribution in [3.8, 4) is 23.3 Å². The van der Waals surface area contributed by atoms with Gasteiger partial charge in [0.25, 0.3) is 0 Å². The molecule has 0 aliphatic carbocycles. The van der Waals surface area contributed by atoms with Gasteiger partial charge >= 0.3 is 0 Å². The number of unbranched alkanes of at least 4 members (excludes halogenated alkanes) is 1. The highest BCUT2D eigenvalue weighted by atomic mass is 32.2. The number of benzene rings is 2. The van der Waals surface area contributed by atoms with Crippen LogP contribution in [0.25, 0.3) is 10.9 Å². The zero-order chi connectivity index (χ0) is 21.6. The van der Waals surface area contributed by atoms with Crippen molar-refractivity contribution in [1.82, 2.24) is 4.98 Å². The van der Waals surface area contributed by atoms with Crippen molar-refractivity contribution in [2.45, 2.75) is 24.8 Å². The van der Waals surface area contributed by atoms with Crippen molar-refractivity contribution in [3.05, 3.63) is 48.0 Å². The fraction of sp³-hybridized carbons (Fsp3) is 0.261. The Balaban J connectivity index is 1.39. The van der Waals surface area contributed by atoms with Crippen LogP contribution in [0.15, 0.2) is 47.5 Å². The fourth-order valence-electron chi connectivity index (χ4n) is 3.04. The van der Waals surface area contributed by atoms with Gasteiger partial charge in [-0.2, -0.15) is 5.26 Å². The zero-order valence-corrected chi connectivity index (χ0v) is 17.8. The van der Waals surface area contributed by atoms with E-state index in [0.717, 1.165) is 24.0 Å². The largest absolute Gasteiger partial charge is 0.494 e. The summed E-state index contributed by atoms with van der Waals surface area (Å²) in [6.07, 6.45) is 2.09. The monoisotopic (exact) mass is 435 g/mol. The van der Waals surface area contributed by atoms with E-state index in [4.69, 9.17) is 14.2 Å². The Morgan fingerprint density at radius 2 is 2.00 bits per heavy atom. The summed E-state index contributed by atoms with van der Waals surface area (Å²) in [5.41, 5.74) is 1.79. The van der Waals surface area contributed by atoms with E-state index < -0.39 is 0 Å². The minimum atomic E-state index is -0.180. The number of aromatic nitrogens is 1. The van der Waals surface area contributed by atoms with E-state index in [2.05, 4.69) is 23.3 Å². The predicted molar refractivity (Wildman–Crippen MR) is 119 cm³/mol. The molecule has 0 spiro atoms. The molecule has 8 heteroatoms. The normalized spacial score (nSPS) is 11.9. The van der Waals surface area contributed by atoms with Crippen molar-refractivity contribution in [2.75, 3.05) is 24.5 Å². The number of fused-ring (bicyclic) bond motifs is 2. The summed E-state index contributed by atoms with van der Waals surface area (Å²) in [5, 5.41) is 13.6. The van der Waals surface area contributed by atoms with E-state index in [9.17, 15) is 10.1 Å². The predicted octanol–water partition coefficient (Wildman–Crippen LogP) is 4.74. The summed E-state index contributed by atoms with van der Waals surface area (Å²) in [5.74, 6) is 1.99. The van der Waals surface area contributed by atoms with Crippen LogP contribution >= 0.6 is 11.8 Å². The second-order valence-electron chi connectivity index (χ2n) is 6.91. The number of carbonyl (C=O) groups is 1. The number of rotatable bonds is 8. The van der Waals surface area contributed by atoms with E-state index in [-0.39, 0.29) is 18.5 Å². The number of nitrogens with one attached hydrogen (secondary N) is 1. The third-order valence-electron chi connectivity index (χ3n) is 4.64. The number of hydrogen-bond donors (Lipinski definition) is 1. The summed E-state index contributed by atoms with van der Waals surface area (Å²) in [6.45, 7) is 2.97. The molecule has 3 aromatic rings. The van der Waals surface area contributed by atoms with Crippen LogP contribution in [0.3, 0.4) is 0 Å². The molecule has 0 saturated heterocycles. The molecule has 158 valence electrons. The van der Waals surface area contributed by atoms with Crippen LogP contribution in [0.1, 0.15) is 25.3 Å². The van der Waals surface area contributed by atoms with Crippen LogP contribution in [0.5, 0.6) is 17.2 Å². The molecule has 0 bridgehead atoms. The number of anilines is 1. The minimum Gasteiger partial charge on any atom is -0.494 e. The number of pyridine rings is 1. The highest BCUT2D eigenvalue weighted by molar-refractivity contribution is 8.00. The van der Waals surface area contributed by atoms with Gasteiger partial charge in [-0.15, -0.1) is 0 Å². The summed E-state index contributed by atoms with van der Waals surface area (Å²) < 4.78 is 16.4. The lowest BCUT2D eigenvalue weighted by molar-refractivity contribution is -0.113. The quantitative estimate of drug-likeness (QED) is 0.403. The van der Waals surface area contributed by atoms with Gasteiger partial charge in [-0.05, 0) is 42.8 Å². The molecule has 0 saturated carbocycles. The van der Waals surface area contributed by atoms with Crippen molar-refractivity contribution in [2.24, 2.45) is 0 Å². The molecule has 4 rings (SSSR count). The first-order chi connectivity index (χ1) is 15.2. The number of hydrogen-bond acceptors (Lipinski definition) is 7. The SMILES string of the molecule is CCCCOc1ccc(NC(=O)CSc2nc3cc4c(cc3cc2C#N)OCO4)cc1. The average Bonchev–Trinajstić information content (AvgIpc) is 3.24. The molecule has 31 heavy (non-hydrogen) atoms. The molecule has 7 nitrogen and oxygen atoms in total. The first-order valence-corrected chi connectivity index (χ1v) is 10.9. The third-order valence-corrected chi connectivity index (χ3v) is 5.63. The number of nitriles is 1. The molecule has 0 radical (unpaired) electrons. The second kappa shape index (κ2) is 9.58. The maximum atomic E-state index is 12.4. The number of carbonyl (C=O) groups excluding carboxylic acids is 1. The number of thioether (sulfide) groups is 1. The summed E-state index contributed by atoms with van der Waals surface area (Å²) in [4.78, 5) is 16.9. The Labute approximate surface area is 184 Å². The smallest absolute Gasteiger partial charge is 0.234 e. The van der Waals surface area contributed by atoms with Gasteiger partial charge < -0.3 is 19.5 Å². The Hall–Kier alpha value is -3.44. The molecular formula is C23H21N3O4S. The van der Waals surface area contributed by atoms with E-state index in [1.54, 1.807) is 12.1 Å². The van der Waals surface area contributed by atoms with Crippen molar-refractivity contribution >= 4 is 34.3 Å². The zero-order valence-electron chi connectivity index (χ0n) is 17.0. The minimum absolute atomic E-state index is 0.131. The van der Waals surface area contributed by atoms with Crippen LogP contribution in [0.4, 0.5) is 5.69 Å². The third kappa shape index (κ3) is 5.01. The van der Waals surface area contributed by atoms with E-state index in [1.165, 1.54) is 11.8 Å². The Morgan fingerprint density at radius 1 is 1.23 bits per heavy atom. The van der Waals surface area contributed by atoms with Crippen molar-refractivity contribution < 1.29 is 19.0 Å². The maximum Gasteiger partial charge on any atom is 0.234 e. The lowest BCUT2D eigenvalue weighted by Gasteiger charge is -2.09. The maximum absolute atomic E-state index is 12.4. The fourth-order valence-corrected chi connectivity index (χ4v) is 3.80. The number of amides is 1. The van der Waals surface area contributed by atoms with Crippen LogP contribution < -0.4 is 19.5 Å². The van der Waals surface area contributed by atoms with Gasteiger partial charge in [0.05, 0.1) is 23.4 Å². The van der Waals surface area contributed by atoms with Gasteiger partial charge in [-0.1, -0.05) is 25.1 Å².